The van der Waals surface area contributed by atoms with Crippen LogP contribution in [0.4, 0.5) is 0 Å². The van der Waals surface area contributed by atoms with Crippen molar-refractivity contribution in [1.29, 1.82) is 0 Å². The molecule has 0 radical (unpaired) electrons. The standard InChI is InChI=1S/C13H15N3O3/c1-9(17)14-7-12-15-10-5-3-4-6-11(10)16(12)8-13(18)19-2/h3-6H,7-8H2,1-2H3,(H,14,17). The van der Waals surface area contributed by atoms with Crippen molar-refractivity contribution in [2.45, 2.75) is 20.0 Å². The third-order valence-corrected chi connectivity index (χ3v) is 2.74. The summed E-state index contributed by atoms with van der Waals surface area (Å²) >= 11 is 0. The second-order valence-electron chi connectivity index (χ2n) is 4.09. The molecule has 1 heterocycles. The van der Waals surface area contributed by atoms with Gasteiger partial charge in [-0.15, -0.1) is 0 Å². The lowest BCUT2D eigenvalue weighted by molar-refractivity contribution is -0.141. The average Bonchev–Trinajstić information content (AvgIpc) is 2.74. The molecule has 0 unspecified atom stereocenters. The molecule has 0 aliphatic rings. The molecule has 2 aromatic rings. The first-order chi connectivity index (χ1) is 9.11. The van der Waals surface area contributed by atoms with E-state index in [1.54, 1.807) is 4.57 Å². The van der Waals surface area contributed by atoms with E-state index in [-0.39, 0.29) is 25.0 Å². The molecule has 6 nitrogen and oxygen atoms in total. The molecule has 1 aromatic heterocycles. The quantitative estimate of drug-likeness (QED) is 0.828. The fourth-order valence-corrected chi connectivity index (χ4v) is 1.83. The topological polar surface area (TPSA) is 73.2 Å². The molecule has 100 valence electrons. The van der Waals surface area contributed by atoms with Gasteiger partial charge in [0.25, 0.3) is 0 Å². The maximum atomic E-state index is 11.5. The monoisotopic (exact) mass is 261 g/mol. The van der Waals surface area contributed by atoms with Gasteiger partial charge in [-0.1, -0.05) is 12.1 Å². The smallest absolute Gasteiger partial charge is 0.325 e. The van der Waals surface area contributed by atoms with Gasteiger partial charge >= 0.3 is 5.97 Å². The maximum absolute atomic E-state index is 11.5. The number of esters is 1. The van der Waals surface area contributed by atoms with Crippen molar-refractivity contribution in [3.63, 3.8) is 0 Å². The van der Waals surface area contributed by atoms with Crippen molar-refractivity contribution in [2.24, 2.45) is 0 Å². The summed E-state index contributed by atoms with van der Waals surface area (Å²) in [5.74, 6) is 0.130. The number of carbonyl (C=O) groups is 2. The molecule has 19 heavy (non-hydrogen) atoms. The summed E-state index contributed by atoms with van der Waals surface area (Å²) in [6, 6.07) is 7.49. The Morgan fingerprint density at radius 3 is 2.79 bits per heavy atom. The molecule has 0 spiro atoms. The Morgan fingerprint density at radius 2 is 2.11 bits per heavy atom. The van der Waals surface area contributed by atoms with E-state index < -0.39 is 0 Å². The summed E-state index contributed by atoms with van der Waals surface area (Å²) in [4.78, 5) is 26.8. The first-order valence-corrected chi connectivity index (χ1v) is 5.87. The molecule has 0 fully saturated rings. The number of methoxy groups -OCH3 is 1. The molecular formula is C13H15N3O3. The summed E-state index contributed by atoms with van der Waals surface area (Å²) in [6.07, 6.45) is 0. The van der Waals surface area contributed by atoms with Gasteiger partial charge in [-0.3, -0.25) is 9.59 Å². The second kappa shape index (κ2) is 5.51. The van der Waals surface area contributed by atoms with Crippen molar-refractivity contribution < 1.29 is 14.3 Å². The zero-order valence-electron chi connectivity index (χ0n) is 10.8. The third kappa shape index (κ3) is 2.90. The highest BCUT2D eigenvalue weighted by Crippen LogP contribution is 2.16. The Kier molecular flexibility index (Phi) is 3.79. The summed E-state index contributed by atoms with van der Waals surface area (Å²) in [5.41, 5.74) is 1.63. The Balaban J connectivity index is 2.39. The highest BCUT2D eigenvalue weighted by atomic mass is 16.5. The average molecular weight is 261 g/mol. The largest absolute Gasteiger partial charge is 0.468 e. The number of amides is 1. The van der Waals surface area contributed by atoms with Gasteiger partial charge in [0, 0.05) is 6.92 Å². The van der Waals surface area contributed by atoms with Crippen LogP contribution in [0.3, 0.4) is 0 Å². The summed E-state index contributed by atoms with van der Waals surface area (Å²) < 4.78 is 6.43. The minimum absolute atomic E-state index is 0.0753. The first kappa shape index (κ1) is 13.1. The highest BCUT2D eigenvalue weighted by Gasteiger charge is 2.13. The van der Waals surface area contributed by atoms with Gasteiger partial charge in [0.05, 0.1) is 24.7 Å². The number of aromatic nitrogens is 2. The minimum Gasteiger partial charge on any atom is -0.468 e. The predicted octanol–water partition coefficient (Wildman–Crippen LogP) is 0.845. The zero-order chi connectivity index (χ0) is 13.8. The van der Waals surface area contributed by atoms with Gasteiger partial charge in [0.2, 0.25) is 5.91 Å². The fraction of sp³-hybridized carbons (Fsp3) is 0.308. The number of hydrogen-bond acceptors (Lipinski definition) is 4. The summed E-state index contributed by atoms with van der Waals surface area (Å²) in [7, 11) is 1.34. The summed E-state index contributed by atoms with van der Waals surface area (Å²) in [5, 5.41) is 2.68. The number of ether oxygens (including phenoxy) is 1. The van der Waals surface area contributed by atoms with Crippen LogP contribution in [0.15, 0.2) is 24.3 Å². The van der Waals surface area contributed by atoms with Gasteiger partial charge < -0.3 is 14.6 Å². The molecule has 0 aliphatic heterocycles. The Bertz CT molecular complexity index is 619. The van der Waals surface area contributed by atoms with Crippen molar-refractivity contribution in [1.82, 2.24) is 14.9 Å². The molecule has 0 saturated carbocycles. The lowest BCUT2D eigenvalue weighted by Crippen LogP contribution is -2.23. The molecule has 6 heteroatoms. The second-order valence-corrected chi connectivity index (χ2v) is 4.09. The normalized spacial score (nSPS) is 10.4. The molecule has 1 amide bonds. The van der Waals surface area contributed by atoms with Crippen LogP contribution in [0.25, 0.3) is 11.0 Å². The van der Waals surface area contributed by atoms with Crippen molar-refractivity contribution in [2.75, 3.05) is 7.11 Å². The fourth-order valence-electron chi connectivity index (χ4n) is 1.83. The molecule has 0 saturated heterocycles. The SMILES string of the molecule is COC(=O)Cn1c(CNC(C)=O)nc2ccccc21. The van der Waals surface area contributed by atoms with Crippen LogP contribution < -0.4 is 5.32 Å². The third-order valence-electron chi connectivity index (χ3n) is 2.74. The van der Waals surface area contributed by atoms with Crippen molar-refractivity contribution in [3.8, 4) is 0 Å². The lowest BCUT2D eigenvalue weighted by atomic mass is 10.3. The molecule has 1 aromatic carbocycles. The van der Waals surface area contributed by atoms with Gasteiger partial charge in [-0.25, -0.2) is 4.98 Å². The van der Waals surface area contributed by atoms with E-state index in [0.717, 1.165) is 11.0 Å². The van der Waals surface area contributed by atoms with Gasteiger partial charge in [-0.05, 0) is 12.1 Å². The number of para-hydroxylation sites is 2. The van der Waals surface area contributed by atoms with E-state index in [9.17, 15) is 9.59 Å². The van der Waals surface area contributed by atoms with Crippen molar-refractivity contribution >= 4 is 22.9 Å². The lowest BCUT2D eigenvalue weighted by Gasteiger charge is -2.08. The van der Waals surface area contributed by atoms with E-state index >= 15 is 0 Å². The first-order valence-electron chi connectivity index (χ1n) is 5.87. The van der Waals surface area contributed by atoms with Crippen LogP contribution in [0.5, 0.6) is 0 Å². The summed E-state index contributed by atoms with van der Waals surface area (Å²) in [6.45, 7) is 1.79. The molecule has 0 atom stereocenters. The molecule has 0 aliphatic carbocycles. The molecule has 0 bridgehead atoms. The maximum Gasteiger partial charge on any atom is 0.325 e. The molecule has 1 N–H and O–H groups in total. The van der Waals surface area contributed by atoms with Crippen LogP contribution >= 0.6 is 0 Å². The number of rotatable bonds is 4. The van der Waals surface area contributed by atoms with E-state index in [1.165, 1.54) is 14.0 Å². The number of imidazole rings is 1. The van der Waals surface area contributed by atoms with Gasteiger partial charge in [0.15, 0.2) is 0 Å². The van der Waals surface area contributed by atoms with E-state index in [4.69, 9.17) is 0 Å². The number of carbonyl (C=O) groups excluding carboxylic acids is 2. The van der Waals surface area contributed by atoms with Gasteiger partial charge in [0.1, 0.15) is 12.4 Å². The van der Waals surface area contributed by atoms with Crippen LogP contribution in [-0.4, -0.2) is 28.5 Å². The Labute approximate surface area is 110 Å². The van der Waals surface area contributed by atoms with Crippen LogP contribution in [-0.2, 0) is 27.4 Å². The number of nitrogens with zero attached hydrogens (tertiary/aromatic N) is 2. The van der Waals surface area contributed by atoms with Crippen LogP contribution in [0.2, 0.25) is 0 Å². The van der Waals surface area contributed by atoms with Crippen molar-refractivity contribution in [3.05, 3.63) is 30.1 Å². The van der Waals surface area contributed by atoms with Crippen LogP contribution in [0, 0.1) is 0 Å². The molecule has 2 rings (SSSR count). The molecular weight excluding hydrogens is 246 g/mol. The minimum atomic E-state index is -0.354. The number of nitrogens with one attached hydrogen (secondary N) is 1. The highest BCUT2D eigenvalue weighted by molar-refractivity contribution is 5.79. The Hall–Kier alpha value is -2.37. The number of fused-ring (bicyclic) bond motifs is 1. The predicted molar refractivity (Wildman–Crippen MR) is 69.3 cm³/mol. The Morgan fingerprint density at radius 1 is 1.37 bits per heavy atom. The zero-order valence-corrected chi connectivity index (χ0v) is 10.8. The van der Waals surface area contributed by atoms with E-state index in [1.807, 2.05) is 24.3 Å². The van der Waals surface area contributed by atoms with Gasteiger partial charge in [-0.2, -0.15) is 0 Å². The number of hydrogen-bond donors (Lipinski definition) is 1. The van der Waals surface area contributed by atoms with E-state index in [2.05, 4.69) is 15.0 Å². The number of benzene rings is 1. The van der Waals surface area contributed by atoms with Crippen LogP contribution in [0.1, 0.15) is 12.7 Å². The van der Waals surface area contributed by atoms with E-state index in [0.29, 0.717) is 5.82 Å².